The molecular formula is C17H17N3O. The topological polar surface area (TPSA) is 53.1 Å². The van der Waals surface area contributed by atoms with Gasteiger partial charge in [-0.25, -0.2) is 4.98 Å². The summed E-state index contributed by atoms with van der Waals surface area (Å²) < 4.78 is 7.35. The molecule has 4 rings (SSSR count). The maximum Gasteiger partial charge on any atom is 0.131 e. The first-order valence-corrected chi connectivity index (χ1v) is 7.17. The lowest BCUT2D eigenvalue weighted by molar-refractivity contribution is 0.415. The van der Waals surface area contributed by atoms with Gasteiger partial charge in [0.2, 0.25) is 0 Å². The van der Waals surface area contributed by atoms with Gasteiger partial charge in [0.05, 0.1) is 13.4 Å². The molecule has 2 N–H and O–H groups in total. The molecule has 4 heteroatoms. The maximum absolute atomic E-state index is 6.25. The number of imidazole rings is 1. The van der Waals surface area contributed by atoms with Crippen molar-refractivity contribution in [2.24, 2.45) is 0 Å². The predicted molar refractivity (Wildman–Crippen MR) is 84.4 cm³/mol. The summed E-state index contributed by atoms with van der Waals surface area (Å²) in [6.07, 6.45) is 4.27. The molecule has 1 aliphatic carbocycles. The number of nitrogens with zero attached hydrogens (tertiary/aromatic N) is 2. The molecule has 0 unspecified atom stereocenters. The number of hydrogen-bond donors (Lipinski definition) is 1. The third-order valence-corrected chi connectivity index (χ3v) is 4.09. The highest BCUT2D eigenvalue weighted by atomic mass is 16.5. The summed E-state index contributed by atoms with van der Waals surface area (Å²) in [7, 11) is 1.68. The number of nitrogen functional groups attached to an aromatic ring is 1. The van der Waals surface area contributed by atoms with E-state index in [9.17, 15) is 0 Å². The normalized spacial score (nSPS) is 14.5. The summed E-state index contributed by atoms with van der Waals surface area (Å²) in [6.45, 7) is 0. The van der Waals surface area contributed by atoms with Crippen LogP contribution in [0.25, 0.3) is 22.0 Å². The Morgan fingerprint density at radius 3 is 2.67 bits per heavy atom. The molecule has 1 heterocycles. The molecule has 4 nitrogen and oxygen atoms in total. The Balaban J connectivity index is 1.79. The van der Waals surface area contributed by atoms with Crippen molar-refractivity contribution in [1.29, 1.82) is 0 Å². The number of ether oxygens (including phenoxy) is 1. The highest BCUT2D eigenvalue weighted by molar-refractivity contribution is 5.89. The van der Waals surface area contributed by atoms with Crippen molar-refractivity contribution in [2.45, 2.75) is 18.9 Å². The number of aromatic nitrogens is 2. The molecule has 1 aromatic heterocycles. The Kier molecular flexibility index (Phi) is 2.64. The van der Waals surface area contributed by atoms with Crippen molar-refractivity contribution < 1.29 is 4.74 Å². The van der Waals surface area contributed by atoms with E-state index in [1.165, 1.54) is 12.8 Å². The minimum Gasteiger partial charge on any atom is -0.497 e. The van der Waals surface area contributed by atoms with Crippen molar-refractivity contribution in [3.63, 3.8) is 0 Å². The second-order valence-corrected chi connectivity index (χ2v) is 5.54. The largest absolute Gasteiger partial charge is 0.497 e. The van der Waals surface area contributed by atoms with Gasteiger partial charge < -0.3 is 15.0 Å². The van der Waals surface area contributed by atoms with Crippen LogP contribution in [-0.4, -0.2) is 16.7 Å². The molecule has 21 heavy (non-hydrogen) atoms. The number of benzene rings is 2. The number of fused-ring (bicyclic) bond motifs is 1. The molecule has 0 saturated heterocycles. The molecule has 1 saturated carbocycles. The average molecular weight is 279 g/mol. The van der Waals surface area contributed by atoms with Gasteiger partial charge in [0.25, 0.3) is 0 Å². The fourth-order valence-electron chi connectivity index (χ4n) is 2.73. The smallest absolute Gasteiger partial charge is 0.131 e. The molecule has 0 aliphatic heterocycles. The van der Waals surface area contributed by atoms with Crippen LogP contribution in [0.1, 0.15) is 18.9 Å². The highest BCUT2D eigenvalue weighted by Crippen LogP contribution is 2.39. The lowest BCUT2D eigenvalue weighted by Gasteiger charge is -2.06. The van der Waals surface area contributed by atoms with E-state index in [0.29, 0.717) is 6.04 Å². The zero-order valence-electron chi connectivity index (χ0n) is 11.9. The lowest BCUT2D eigenvalue weighted by Crippen LogP contribution is -1.99. The Hall–Kier alpha value is -2.49. The van der Waals surface area contributed by atoms with Crippen LogP contribution < -0.4 is 10.5 Å². The number of methoxy groups -OCH3 is 1. The summed E-state index contributed by atoms with van der Waals surface area (Å²) in [5, 5.41) is 2.31. The van der Waals surface area contributed by atoms with Gasteiger partial charge in [0.15, 0.2) is 0 Å². The third-order valence-electron chi connectivity index (χ3n) is 4.09. The van der Waals surface area contributed by atoms with Gasteiger partial charge in [0.1, 0.15) is 17.3 Å². The standard InChI is InChI=1S/C17H17N3O/c1-21-15-7-4-11-8-13(3-2-12(11)9-15)16-17(18)20(10-19-16)14-5-6-14/h2-4,7-10,14H,5-6,18H2,1H3. The van der Waals surface area contributed by atoms with Crippen LogP contribution in [0.2, 0.25) is 0 Å². The Bertz CT molecular complexity index is 818. The Morgan fingerprint density at radius 2 is 1.90 bits per heavy atom. The summed E-state index contributed by atoms with van der Waals surface area (Å²) in [5.74, 6) is 1.64. The number of nitrogens with two attached hydrogens (primary N) is 1. The summed E-state index contributed by atoms with van der Waals surface area (Å²) in [4.78, 5) is 4.50. The lowest BCUT2D eigenvalue weighted by atomic mass is 10.0. The highest BCUT2D eigenvalue weighted by Gasteiger charge is 2.26. The van der Waals surface area contributed by atoms with Crippen LogP contribution in [0.15, 0.2) is 42.7 Å². The van der Waals surface area contributed by atoms with Gasteiger partial charge in [-0.1, -0.05) is 18.2 Å². The van der Waals surface area contributed by atoms with E-state index in [0.717, 1.165) is 33.6 Å². The average Bonchev–Trinajstić information content (AvgIpc) is 3.29. The second kappa shape index (κ2) is 4.52. The molecular weight excluding hydrogens is 262 g/mol. The zero-order chi connectivity index (χ0) is 14.4. The van der Waals surface area contributed by atoms with Crippen molar-refractivity contribution >= 4 is 16.6 Å². The van der Waals surface area contributed by atoms with Crippen molar-refractivity contribution in [3.05, 3.63) is 42.7 Å². The number of hydrogen-bond acceptors (Lipinski definition) is 3. The Morgan fingerprint density at radius 1 is 1.14 bits per heavy atom. The monoisotopic (exact) mass is 279 g/mol. The van der Waals surface area contributed by atoms with Gasteiger partial charge in [0, 0.05) is 11.6 Å². The van der Waals surface area contributed by atoms with Crippen molar-refractivity contribution in [1.82, 2.24) is 9.55 Å². The van der Waals surface area contributed by atoms with Gasteiger partial charge in [-0.15, -0.1) is 0 Å². The van der Waals surface area contributed by atoms with Gasteiger partial charge >= 0.3 is 0 Å². The summed E-state index contributed by atoms with van der Waals surface area (Å²) >= 11 is 0. The fraction of sp³-hybridized carbons (Fsp3) is 0.235. The molecule has 106 valence electrons. The van der Waals surface area contributed by atoms with Crippen LogP contribution in [0.3, 0.4) is 0 Å². The molecule has 0 radical (unpaired) electrons. The summed E-state index contributed by atoms with van der Waals surface area (Å²) in [5.41, 5.74) is 8.18. The van der Waals surface area contributed by atoms with E-state index in [-0.39, 0.29) is 0 Å². The van der Waals surface area contributed by atoms with Gasteiger partial charge in [-0.2, -0.15) is 0 Å². The van der Waals surface area contributed by atoms with Gasteiger partial charge in [-0.05, 0) is 41.8 Å². The van der Waals surface area contributed by atoms with E-state index >= 15 is 0 Å². The SMILES string of the molecule is COc1ccc2cc(-c3ncn(C4CC4)c3N)ccc2c1. The van der Waals surface area contributed by atoms with E-state index in [1.54, 1.807) is 7.11 Å². The first kappa shape index (κ1) is 12.3. The van der Waals surface area contributed by atoms with E-state index in [4.69, 9.17) is 10.5 Å². The van der Waals surface area contributed by atoms with Crippen molar-refractivity contribution in [2.75, 3.05) is 12.8 Å². The summed E-state index contributed by atoms with van der Waals surface area (Å²) in [6, 6.07) is 12.9. The van der Waals surface area contributed by atoms with Gasteiger partial charge in [-0.3, -0.25) is 0 Å². The minimum absolute atomic E-state index is 0.552. The zero-order valence-corrected chi connectivity index (χ0v) is 11.9. The first-order chi connectivity index (χ1) is 10.3. The molecule has 0 atom stereocenters. The van der Waals surface area contributed by atoms with Crippen LogP contribution in [-0.2, 0) is 0 Å². The number of rotatable bonds is 3. The van der Waals surface area contributed by atoms with Crippen LogP contribution in [0.5, 0.6) is 5.75 Å². The van der Waals surface area contributed by atoms with E-state index in [2.05, 4.69) is 33.8 Å². The molecule has 0 spiro atoms. The van der Waals surface area contributed by atoms with E-state index < -0.39 is 0 Å². The molecule has 1 fully saturated rings. The first-order valence-electron chi connectivity index (χ1n) is 7.17. The molecule has 1 aliphatic rings. The molecule has 3 aromatic rings. The maximum atomic E-state index is 6.25. The van der Waals surface area contributed by atoms with Crippen molar-refractivity contribution in [3.8, 4) is 17.0 Å². The second-order valence-electron chi connectivity index (χ2n) is 5.54. The molecule has 2 aromatic carbocycles. The number of anilines is 1. The Labute approximate surface area is 123 Å². The van der Waals surface area contributed by atoms with E-state index in [1.807, 2.05) is 18.5 Å². The van der Waals surface area contributed by atoms with Crippen LogP contribution in [0.4, 0.5) is 5.82 Å². The third kappa shape index (κ3) is 2.03. The van der Waals surface area contributed by atoms with Crippen LogP contribution >= 0.6 is 0 Å². The fourth-order valence-corrected chi connectivity index (χ4v) is 2.73. The molecule has 0 amide bonds. The predicted octanol–water partition coefficient (Wildman–Crippen LogP) is 3.63. The molecule has 0 bridgehead atoms. The van der Waals surface area contributed by atoms with Crippen LogP contribution in [0, 0.1) is 0 Å². The minimum atomic E-state index is 0.552. The quantitative estimate of drug-likeness (QED) is 0.796.